The molecule has 0 radical (unpaired) electrons. The first-order valence-electron chi connectivity index (χ1n) is 3.70. The highest BCUT2D eigenvalue weighted by molar-refractivity contribution is 9.09. The Morgan fingerprint density at radius 1 is 1.47 bits per heavy atom. The molecule has 0 atom stereocenters. The lowest BCUT2D eigenvalue weighted by Crippen LogP contribution is -2.07. The van der Waals surface area contributed by atoms with Crippen LogP contribution in [0.25, 0.3) is 0 Å². The maximum Gasteiger partial charge on any atom is 0.308 e. The maximum atomic E-state index is 13.3. The molecule has 0 aliphatic heterocycles. The molecule has 7 heteroatoms. The highest BCUT2D eigenvalue weighted by atomic mass is 79.9. The largest absolute Gasteiger partial charge is 0.308 e. The van der Waals surface area contributed by atoms with Crippen LogP contribution in [-0.2, 0) is 0 Å². The standard InChI is InChI=1S/C8H4BrF2NO3/c9-3-7(13)5-1-4(10)2-6(8(5)11)12(14)15/h1-2H,3H2. The molecule has 0 saturated heterocycles. The van der Waals surface area contributed by atoms with Gasteiger partial charge in [0.1, 0.15) is 5.82 Å². The molecule has 15 heavy (non-hydrogen) atoms. The molecular weight excluding hydrogens is 276 g/mol. The van der Waals surface area contributed by atoms with Crippen LogP contribution < -0.4 is 0 Å². The molecular formula is C8H4BrF2NO3. The van der Waals surface area contributed by atoms with Gasteiger partial charge in [-0.2, -0.15) is 4.39 Å². The second-order valence-electron chi connectivity index (χ2n) is 2.60. The minimum Gasteiger partial charge on any atom is -0.293 e. The monoisotopic (exact) mass is 279 g/mol. The van der Waals surface area contributed by atoms with E-state index in [2.05, 4.69) is 15.9 Å². The van der Waals surface area contributed by atoms with Crippen molar-refractivity contribution in [2.24, 2.45) is 0 Å². The first-order chi connectivity index (χ1) is 6.97. The molecule has 1 rings (SSSR count). The fraction of sp³-hybridized carbons (Fsp3) is 0.125. The fourth-order valence-corrected chi connectivity index (χ4v) is 1.28. The van der Waals surface area contributed by atoms with Crippen LogP contribution in [-0.4, -0.2) is 16.0 Å². The zero-order valence-electron chi connectivity index (χ0n) is 7.17. The number of Topliss-reactive ketones (excluding diaryl/α,β-unsaturated/α-hetero) is 1. The highest BCUT2D eigenvalue weighted by Gasteiger charge is 2.23. The number of hydrogen-bond acceptors (Lipinski definition) is 3. The molecule has 0 aromatic heterocycles. The van der Waals surface area contributed by atoms with Crippen LogP contribution in [0.15, 0.2) is 12.1 Å². The summed E-state index contributed by atoms with van der Waals surface area (Å²) in [6.45, 7) is 0. The summed E-state index contributed by atoms with van der Waals surface area (Å²) in [4.78, 5) is 20.3. The van der Waals surface area contributed by atoms with E-state index >= 15 is 0 Å². The van der Waals surface area contributed by atoms with E-state index < -0.39 is 33.6 Å². The third kappa shape index (κ3) is 2.35. The van der Waals surface area contributed by atoms with E-state index in [0.29, 0.717) is 12.1 Å². The highest BCUT2D eigenvalue weighted by Crippen LogP contribution is 2.23. The summed E-state index contributed by atoms with van der Waals surface area (Å²) >= 11 is 2.76. The van der Waals surface area contributed by atoms with Crippen LogP contribution in [0.2, 0.25) is 0 Å². The number of carbonyl (C=O) groups is 1. The number of halogens is 3. The number of hydrogen-bond donors (Lipinski definition) is 0. The molecule has 0 heterocycles. The number of carbonyl (C=O) groups excluding carboxylic acids is 1. The Morgan fingerprint density at radius 2 is 2.07 bits per heavy atom. The summed E-state index contributed by atoms with van der Waals surface area (Å²) in [6.07, 6.45) is 0. The summed E-state index contributed by atoms with van der Waals surface area (Å²) < 4.78 is 26.1. The van der Waals surface area contributed by atoms with Crippen molar-refractivity contribution in [2.75, 3.05) is 5.33 Å². The second kappa shape index (κ2) is 4.43. The van der Waals surface area contributed by atoms with Crippen molar-refractivity contribution in [1.29, 1.82) is 0 Å². The number of ketones is 1. The van der Waals surface area contributed by atoms with Gasteiger partial charge in [0.05, 0.1) is 21.9 Å². The lowest BCUT2D eigenvalue weighted by Gasteiger charge is -2.00. The van der Waals surface area contributed by atoms with Gasteiger partial charge in [0, 0.05) is 0 Å². The van der Waals surface area contributed by atoms with Gasteiger partial charge in [0.15, 0.2) is 5.78 Å². The van der Waals surface area contributed by atoms with Crippen molar-refractivity contribution in [2.45, 2.75) is 0 Å². The van der Waals surface area contributed by atoms with Crippen molar-refractivity contribution in [1.82, 2.24) is 0 Å². The third-order valence-corrected chi connectivity index (χ3v) is 2.15. The van der Waals surface area contributed by atoms with Crippen LogP contribution in [0, 0.1) is 21.7 Å². The van der Waals surface area contributed by atoms with Gasteiger partial charge in [-0.05, 0) is 6.07 Å². The fourth-order valence-electron chi connectivity index (χ4n) is 0.983. The van der Waals surface area contributed by atoms with E-state index in [1.54, 1.807) is 0 Å². The summed E-state index contributed by atoms with van der Waals surface area (Å²) in [5.74, 6) is -3.09. The average molecular weight is 280 g/mol. The number of nitrogens with zero attached hydrogens (tertiary/aromatic N) is 1. The van der Waals surface area contributed by atoms with Gasteiger partial charge in [-0.1, -0.05) is 15.9 Å². The predicted octanol–water partition coefficient (Wildman–Crippen LogP) is 2.45. The van der Waals surface area contributed by atoms with E-state index in [1.807, 2.05) is 0 Å². The number of benzene rings is 1. The zero-order valence-corrected chi connectivity index (χ0v) is 8.75. The van der Waals surface area contributed by atoms with E-state index in [4.69, 9.17) is 0 Å². The average Bonchev–Trinajstić information content (AvgIpc) is 2.19. The Hall–Kier alpha value is -1.37. The summed E-state index contributed by atoms with van der Waals surface area (Å²) in [7, 11) is 0. The topological polar surface area (TPSA) is 60.2 Å². The van der Waals surface area contributed by atoms with Crippen molar-refractivity contribution in [3.63, 3.8) is 0 Å². The third-order valence-electron chi connectivity index (χ3n) is 1.64. The summed E-state index contributed by atoms with van der Waals surface area (Å²) in [5, 5.41) is 10.1. The van der Waals surface area contributed by atoms with Gasteiger partial charge in [-0.3, -0.25) is 14.9 Å². The van der Waals surface area contributed by atoms with Gasteiger partial charge >= 0.3 is 5.69 Å². The molecule has 0 amide bonds. The van der Waals surface area contributed by atoms with Crippen LogP contribution in [0.1, 0.15) is 10.4 Å². The minimum absolute atomic E-state index is 0.232. The Morgan fingerprint density at radius 3 is 2.53 bits per heavy atom. The molecule has 1 aromatic carbocycles. The Labute approximate surface area is 91.2 Å². The first kappa shape index (κ1) is 11.7. The van der Waals surface area contributed by atoms with Crippen LogP contribution in [0.5, 0.6) is 0 Å². The van der Waals surface area contributed by atoms with Crippen LogP contribution >= 0.6 is 15.9 Å². The lowest BCUT2D eigenvalue weighted by molar-refractivity contribution is -0.387. The second-order valence-corrected chi connectivity index (χ2v) is 3.16. The van der Waals surface area contributed by atoms with Gasteiger partial charge < -0.3 is 0 Å². The van der Waals surface area contributed by atoms with Gasteiger partial charge in [0.25, 0.3) is 0 Å². The van der Waals surface area contributed by atoms with Gasteiger partial charge in [-0.15, -0.1) is 0 Å². The first-order valence-corrected chi connectivity index (χ1v) is 4.82. The molecule has 1 aromatic rings. The van der Waals surface area contributed by atoms with E-state index in [0.717, 1.165) is 0 Å². The van der Waals surface area contributed by atoms with Gasteiger partial charge in [0.2, 0.25) is 5.82 Å². The lowest BCUT2D eigenvalue weighted by atomic mass is 10.1. The molecule has 80 valence electrons. The Kier molecular flexibility index (Phi) is 3.46. The van der Waals surface area contributed by atoms with E-state index in [9.17, 15) is 23.7 Å². The van der Waals surface area contributed by atoms with Crippen LogP contribution in [0.4, 0.5) is 14.5 Å². The molecule has 0 fully saturated rings. The molecule has 0 unspecified atom stereocenters. The molecule has 4 nitrogen and oxygen atoms in total. The summed E-state index contributed by atoms with van der Waals surface area (Å²) in [6, 6.07) is 1.06. The number of nitro benzene ring substituents is 1. The summed E-state index contributed by atoms with van der Waals surface area (Å²) in [5.41, 5.74) is -1.67. The van der Waals surface area contributed by atoms with Crippen molar-refractivity contribution in [3.8, 4) is 0 Å². The molecule has 0 saturated carbocycles. The molecule has 0 N–H and O–H groups in total. The molecule has 0 bridgehead atoms. The van der Waals surface area contributed by atoms with E-state index in [-0.39, 0.29) is 5.33 Å². The zero-order chi connectivity index (χ0) is 11.6. The van der Waals surface area contributed by atoms with Crippen molar-refractivity contribution < 1.29 is 18.5 Å². The smallest absolute Gasteiger partial charge is 0.293 e. The Bertz CT molecular complexity index is 436. The van der Waals surface area contributed by atoms with E-state index in [1.165, 1.54) is 0 Å². The van der Waals surface area contributed by atoms with Crippen molar-refractivity contribution >= 4 is 27.4 Å². The minimum atomic E-state index is -1.31. The SMILES string of the molecule is O=C(CBr)c1cc(F)cc([N+](=O)[O-])c1F. The molecule has 0 spiro atoms. The maximum absolute atomic E-state index is 13.3. The molecule has 0 aliphatic carbocycles. The number of rotatable bonds is 3. The predicted molar refractivity (Wildman–Crippen MR) is 51.1 cm³/mol. The quantitative estimate of drug-likeness (QED) is 0.370. The normalized spacial score (nSPS) is 10.1. The van der Waals surface area contributed by atoms with Crippen LogP contribution in [0.3, 0.4) is 0 Å². The van der Waals surface area contributed by atoms with Gasteiger partial charge in [-0.25, -0.2) is 4.39 Å². The molecule has 0 aliphatic rings. The van der Waals surface area contributed by atoms with Crippen molar-refractivity contribution in [3.05, 3.63) is 39.4 Å². The Balaban J connectivity index is 3.41. The number of alkyl halides is 1. The number of nitro groups is 1.